The molecule has 0 aliphatic carbocycles. The maximum atomic E-state index is 12.4. The summed E-state index contributed by atoms with van der Waals surface area (Å²) in [5.74, 6) is -0.349. The predicted octanol–water partition coefficient (Wildman–Crippen LogP) is 2.28. The van der Waals surface area contributed by atoms with Crippen LogP contribution in [0.15, 0.2) is 30.5 Å². The minimum absolute atomic E-state index is 0.00518. The molecule has 140 valence electrons. The van der Waals surface area contributed by atoms with Gasteiger partial charge in [-0.05, 0) is 44.4 Å². The van der Waals surface area contributed by atoms with Gasteiger partial charge in [0, 0.05) is 47.8 Å². The number of benzene rings is 1. The van der Waals surface area contributed by atoms with E-state index in [0.29, 0.717) is 11.6 Å². The molecule has 3 N–H and O–H groups in total. The number of aromatic nitrogens is 1. The SMILES string of the molecule is CCC(C)N1CCC(NC(=O)CNC(=O)c2cccc3[nH]ccc23)CC1. The van der Waals surface area contributed by atoms with Gasteiger partial charge in [-0.3, -0.25) is 9.59 Å². The van der Waals surface area contributed by atoms with Crippen LogP contribution in [0.5, 0.6) is 0 Å². The van der Waals surface area contributed by atoms with E-state index in [0.717, 1.165) is 43.3 Å². The Morgan fingerprint density at radius 1 is 1.27 bits per heavy atom. The van der Waals surface area contributed by atoms with Gasteiger partial charge in [0.1, 0.15) is 0 Å². The summed E-state index contributed by atoms with van der Waals surface area (Å²) in [4.78, 5) is 30.1. The minimum atomic E-state index is -0.225. The normalized spacial score (nSPS) is 17.2. The Kier molecular flexibility index (Phi) is 5.93. The molecule has 26 heavy (non-hydrogen) atoms. The maximum absolute atomic E-state index is 12.4. The molecule has 6 heteroatoms. The number of carbonyl (C=O) groups is 2. The van der Waals surface area contributed by atoms with E-state index in [1.807, 2.05) is 18.2 Å². The van der Waals surface area contributed by atoms with Crippen molar-refractivity contribution in [2.75, 3.05) is 19.6 Å². The number of amides is 2. The van der Waals surface area contributed by atoms with Gasteiger partial charge < -0.3 is 20.5 Å². The fourth-order valence-corrected chi connectivity index (χ4v) is 3.56. The molecular formula is C20H28N4O2. The van der Waals surface area contributed by atoms with E-state index in [9.17, 15) is 9.59 Å². The lowest BCUT2D eigenvalue weighted by Gasteiger charge is -2.36. The number of fused-ring (bicyclic) bond motifs is 1. The summed E-state index contributed by atoms with van der Waals surface area (Å²) in [7, 11) is 0. The first kappa shape index (κ1) is 18.5. The average molecular weight is 356 g/mol. The number of nitrogens with zero attached hydrogens (tertiary/aromatic N) is 1. The fraction of sp³-hybridized carbons (Fsp3) is 0.500. The number of piperidine rings is 1. The third kappa shape index (κ3) is 4.25. The molecule has 3 rings (SSSR count). The third-order valence-electron chi connectivity index (χ3n) is 5.36. The van der Waals surface area contributed by atoms with Crippen LogP contribution in [0.3, 0.4) is 0 Å². The Morgan fingerprint density at radius 2 is 2.04 bits per heavy atom. The summed E-state index contributed by atoms with van der Waals surface area (Å²) in [5.41, 5.74) is 1.49. The minimum Gasteiger partial charge on any atom is -0.361 e. The van der Waals surface area contributed by atoms with E-state index in [1.165, 1.54) is 0 Å². The molecule has 1 aliphatic rings. The smallest absolute Gasteiger partial charge is 0.252 e. The van der Waals surface area contributed by atoms with Gasteiger partial charge in [-0.1, -0.05) is 13.0 Å². The molecule has 0 saturated carbocycles. The Morgan fingerprint density at radius 3 is 2.77 bits per heavy atom. The summed E-state index contributed by atoms with van der Waals surface area (Å²) in [6.07, 6.45) is 4.89. The van der Waals surface area contributed by atoms with Gasteiger partial charge in [0.15, 0.2) is 0 Å². The highest BCUT2D eigenvalue weighted by Gasteiger charge is 2.23. The Bertz CT molecular complexity index is 762. The van der Waals surface area contributed by atoms with Crippen molar-refractivity contribution >= 4 is 22.7 Å². The van der Waals surface area contributed by atoms with Crippen LogP contribution < -0.4 is 10.6 Å². The monoisotopic (exact) mass is 356 g/mol. The molecule has 1 fully saturated rings. The standard InChI is InChI=1S/C20H28N4O2/c1-3-14(2)24-11-8-15(9-12-24)23-19(25)13-22-20(26)17-5-4-6-18-16(17)7-10-21-18/h4-7,10,14-15,21H,3,8-9,11-13H2,1-2H3,(H,22,26)(H,23,25). The molecule has 0 bridgehead atoms. The van der Waals surface area contributed by atoms with Crippen LogP contribution in [0.4, 0.5) is 0 Å². The zero-order valence-corrected chi connectivity index (χ0v) is 15.5. The summed E-state index contributed by atoms with van der Waals surface area (Å²) < 4.78 is 0. The van der Waals surface area contributed by atoms with Crippen LogP contribution >= 0.6 is 0 Å². The second-order valence-corrected chi connectivity index (χ2v) is 7.06. The van der Waals surface area contributed by atoms with E-state index in [4.69, 9.17) is 0 Å². The van der Waals surface area contributed by atoms with Crippen molar-refractivity contribution in [1.82, 2.24) is 20.5 Å². The lowest BCUT2D eigenvalue weighted by molar-refractivity contribution is -0.121. The van der Waals surface area contributed by atoms with Crippen molar-refractivity contribution in [2.45, 2.75) is 45.2 Å². The highest BCUT2D eigenvalue weighted by Crippen LogP contribution is 2.17. The first-order valence-electron chi connectivity index (χ1n) is 9.46. The van der Waals surface area contributed by atoms with Crippen LogP contribution in [0.1, 0.15) is 43.5 Å². The molecule has 1 unspecified atom stereocenters. The van der Waals surface area contributed by atoms with Crippen LogP contribution in [0, 0.1) is 0 Å². The van der Waals surface area contributed by atoms with Crippen LogP contribution in [0.25, 0.3) is 10.9 Å². The molecule has 2 aromatic rings. The Hall–Kier alpha value is -2.34. The van der Waals surface area contributed by atoms with E-state index >= 15 is 0 Å². The van der Waals surface area contributed by atoms with E-state index in [-0.39, 0.29) is 24.4 Å². The van der Waals surface area contributed by atoms with Crippen LogP contribution in [-0.2, 0) is 4.79 Å². The quantitative estimate of drug-likeness (QED) is 0.743. The average Bonchev–Trinajstić information content (AvgIpc) is 3.15. The molecule has 1 aromatic heterocycles. The topological polar surface area (TPSA) is 77.2 Å². The highest BCUT2D eigenvalue weighted by molar-refractivity contribution is 6.07. The van der Waals surface area contributed by atoms with Crippen molar-refractivity contribution in [3.05, 3.63) is 36.0 Å². The van der Waals surface area contributed by atoms with Crippen molar-refractivity contribution in [3.63, 3.8) is 0 Å². The van der Waals surface area contributed by atoms with Crippen molar-refractivity contribution in [2.24, 2.45) is 0 Å². The van der Waals surface area contributed by atoms with Crippen LogP contribution in [-0.4, -0.2) is 53.4 Å². The number of rotatable bonds is 6. The number of nitrogens with one attached hydrogen (secondary N) is 3. The zero-order chi connectivity index (χ0) is 18.5. The molecule has 2 amide bonds. The number of carbonyl (C=O) groups excluding carboxylic acids is 2. The fourth-order valence-electron chi connectivity index (χ4n) is 3.56. The largest absolute Gasteiger partial charge is 0.361 e. The second-order valence-electron chi connectivity index (χ2n) is 7.06. The molecule has 1 saturated heterocycles. The molecule has 6 nitrogen and oxygen atoms in total. The lowest BCUT2D eigenvalue weighted by atomic mass is 10.0. The van der Waals surface area contributed by atoms with Gasteiger partial charge in [0.05, 0.1) is 6.54 Å². The number of hydrogen-bond acceptors (Lipinski definition) is 3. The second kappa shape index (κ2) is 8.36. The summed E-state index contributed by atoms with van der Waals surface area (Å²) in [6, 6.07) is 8.20. The summed E-state index contributed by atoms with van der Waals surface area (Å²) in [6.45, 7) is 6.49. The molecule has 0 radical (unpaired) electrons. The van der Waals surface area contributed by atoms with Crippen molar-refractivity contribution in [1.29, 1.82) is 0 Å². The van der Waals surface area contributed by atoms with Crippen molar-refractivity contribution in [3.8, 4) is 0 Å². The third-order valence-corrected chi connectivity index (χ3v) is 5.36. The number of H-pyrrole nitrogens is 1. The molecule has 1 atom stereocenters. The Labute approximate surface area is 154 Å². The van der Waals surface area contributed by atoms with Gasteiger partial charge in [0.2, 0.25) is 5.91 Å². The molecular weight excluding hydrogens is 328 g/mol. The van der Waals surface area contributed by atoms with E-state index < -0.39 is 0 Å². The number of hydrogen-bond donors (Lipinski definition) is 3. The van der Waals surface area contributed by atoms with E-state index in [1.54, 1.807) is 12.3 Å². The highest BCUT2D eigenvalue weighted by atomic mass is 16.2. The Balaban J connectivity index is 1.46. The maximum Gasteiger partial charge on any atom is 0.252 e. The zero-order valence-electron chi connectivity index (χ0n) is 15.5. The first-order valence-corrected chi connectivity index (χ1v) is 9.46. The van der Waals surface area contributed by atoms with Crippen molar-refractivity contribution < 1.29 is 9.59 Å². The summed E-state index contributed by atoms with van der Waals surface area (Å²) >= 11 is 0. The molecule has 1 aliphatic heterocycles. The first-order chi connectivity index (χ1) is 12.6. The van der Waals surface area contributed by atoms with Gasteiger partial charge in [0.25, 0.3) is 5.91 Å². The van der Waals surface area contributed by atoms with Crippen LogP contribution in [0.2, 0.25) is 0 Å². The molecule has 0 spiro atoms. The predicted molar refractivity (Wildman–Crippen MR) is 103 cm³/mol. The van der Waals surface area contributed by atoms with E-state index in [2.05, 4.69) is 34.4 Å². The summed E-state index contributed by atoms with van der Waals surface area (Å²) in [5, 5.41) is 6.64. The molecule has 1 aromatic carbocycles. The van der Waals surface area contributed by atoms with Gasteiger partial charge in [-0.15, -0.1) is 0 Å². The van der Waals surface area contributed by atoms with Gasteiger partial charge in [-0.25, -0.2) is 0 Å². The lowest BCUT2D eigenvalue weighted by Crippen LogP contribution is -2.49. The molecule has 2 heterocycles. The number of likely N-dealkylation sites (tertiary alicyclic amines) is 1. The van der Waals surface area contributed by atoms with Gasteiger partial charge in [-0.2, -0.15) is 0 Å². The van der Waals surface area contributed by atoms with Gasteiger partial charge >= 0.3 is 0 Å². The number of aromatic amines is 1.